The minimum atomic E-state index is 0.681. The lowest BCUT2D eigenvalue weighted by Crippen LogP contribution is -2.08. The number of ether oxygens (including phenoxy) is 3. The van der Waals surface area contributed by atoms with E-state index >= 15 is 0 Å². The molecule has 2 N–H and O–H groups in total. The molecule has 1 aromatic carbocycles. The number of nitrogens with zero attached hydrogens (tertiary/aromatic N) is 2. The molecule has 0 bridgehead atoms. The number of hydrogen-bond donors (Lipinski definition) is 2. The molecule has 0 aliphatic carbocycles. The zero-order valence-electron chi connectivity index (χ0n) is 14.5. The second-order valence-electron chi connectivity index (χ2n) is 5.15. The number of hydrogen-bond acceptors (Lipinski definition) is 7. The van der Waals surface area contributed by atoms with Gasteiger partial charge in [-0.1, -0.05) is 0 Å². The summed E-state index contributed by atoms with van der Waals surface area (Å²) in [5.41, 5.74) is 0.807. The van der Waals surface area contributed by atoms with Crippen molar-refractivity contribution in [1.29, 1.82) is 0 Å². The topological polar surface area (TPSA) is 77.5 Å². The van der Waals surface area contributed by atoms with Crippen molar-refractivity contribution >= 4 is 17.3 Å². The highest BCUT2D eigenvalue weighted by Gasteiger charge is 2.08. The molecule has 7 nitrogen and oxygen atoms in total. The fourth-order valence-electron chi connectivity index (χ4n) is 2.20. The standard InChI is InChI=1S/C17H24N4O3/c1-12-19-16(18-8-5-9-22-2)11-17(20-12)21-14-7-6-13(23-3)10-15(14)24-4/h6-7,10-11H,5,8-9H2,1-4H3,(H2,18,19,20,21). The van der Waals surface area contributed by atoms with Crippen LogP contribution in [0.25, 0.3) is 0 Å². The zero-order chi connectivity index (χ0) is 17.4. The van der Waals surface area contributed by atoms with E-state index < -0.39 is 0 Å². The van der Waals surface area contributed by atoms with E-state index in [2.05, 4.69) is 20.6 Å². The summed E-state index contributed by atoms with van der Waals surface area (Å²) in [6.07, 6.45) is 0.911. The molecule has 24 heavy (non-hydrogen) atoms. The zero-order valence-corrected chi connectivity index (χ0v) is 14.5. The van der Waals surface area contributed by atoms with Gasteiger partial charge in [-0.05, 0) is 25.5 Å². The molecular formula is C17H24N4O3. The quantitative estimate of drug-likeness (QED) is 0.684. The van der Waals surface area contributed by atoms with Crippen LogP contribution in [0.5, 0.6) is 11.5 Å². The Bertz CT molecular complexity index is 664. The first kappa shape index (κ1) is 17.8. The number of aromatic nitrogens is 2. The number of aryl methyl sites for hydroxylation is 1. The van der Waals surface area contributed by atoms with Crippen molar-refractivity contribution in [3.8, 4) is 11.5 Å². The lowest BCUT2D eigenvalue weighted by Gasteiger charge is -2.13. The SMILES string of the molecule is COCCCNc1cc(Nc2ccc(OC)cc2OC)nc(C)n1. The maximum atomic E-state index is 5.40. The van der Waals surface area contributed by atoms with Crippen LogP contribution in [0.4, 0.5) is 17.3 Å². The summed E-state index contributed by atoms with van der Waals surface area (Å²) in [5.74, 6) is 3.56. The summed E-state index contributed by atoms with van der Waals surface area (Å²) in [6, 6.07) is 7.44. The average Bonchev–Trinajstić information content (AvgIpc) is 2.58. The van der Waals surface area contributed by atoms with E-state index in [1.54, 1.807) is 21.3 Å². The summed E-state index contributed by atoms with van der Waals surface area (Å²) in [7, 11) is 4.93. The fraction of sp³-hybridized carbons (Fsp3) is 0.412. The molecule has 0 atom stereocenters. The van der Waals surface area contributed by atoms with Gasteiger partial charge >= 0.3 is 0 Å². The van der Waals surface area contributed by atoms with E-state index in [9.17, 15) is 0 Å². The molecule has 0 aliphatic rings. The van der Waals surface area contributed by atoms with Gasteiger partial charge in [0.1, 0.15) is 29.0 Å². The second kappa shape index (κ2) is 8.93. The Morgan fingerprint density at radius 2 is 1.79 bits per heavy atom. The van der Waals surface area contributed by atoms with E-state index in [0.717, 1.165) is 30.2 Å². The third kappa shape index (κ3) is 4.99. The van der Waals surface area contributed by atoms with Crippen LogP contribution in [0.15, 0.2) is 24.3 Å². The highest BCUT2D eigenvalue weighted by atomic mass is 16.5. The number of rotatable bonds is 9. The molecule has 2 rings (SSSR count). The molecule has 0 saturated carbocycles. The maximum absolute atomic E-state index is 5.40. The van der Waals surface area contributed by atoms with Crippen molar-refractivity contribution in [3.05, 3.63) is 30.1 Å². The Morgan fingerprint density at radius 1 is 1.00 bits per heavy atom. The highest BCUT2D eigenvalue weighted by molar-refractivity contribution is 5.67. The molecule has 1 aromatic heterocycles. The van der Waals surface area contributed by atoms with Crippen molar-refractivity contribution in [2.75, 3.05) is 45.1 Å². The molecule has 7 heteroatoms. The monoisotopic (exact) mass is 332 g/mol. The Balaban J connectivity index is 2.13. The summed E-state index contributed by atoms with van der Waals surface area (Å²) >= 11 is 0. The summed E-state index contributed by atoms with van der Waals surface area (Å²) < 4.78 is 15.6. The largest absolute Gasteiger partial charge is 0.497 e. The van der Waals surface area contributed by atoms with Gasteiger partial charge in [0.25, 0.3) is 0 Å². The van der Waals surface area contributed by atoms with Crippen LogP contribution in [0.2, 0.25) is 0 Å². The molecule has 0 amide bonds. The number of anilines is 3. The smallest absolute Gasteiger partial charge is 0.146 e. The third-order valence-corrected chi connectivity index (χ3v) is 3.34. The first-order chi connectivity index (χ1) is 11.7. The van der Waals surface area contributed by atoms with E-state index in [-0.39, 0.29) is 0 Å². The lowest BCUT2D eigenvalue weighted by atomic mass is 10.2. The summed E-state index contributed by atoms with van der Waals surface area (Å²) in [4.78, 5) is 8.81. The van der Waals surface area contributed by atoms with Crippen LogP contribution >= 0.6 is 0 Å². The van der Waals surface area contributed by atoms with E-state index in [1.807, 2.05) is 31.2 Å². The average molecular weight is 332 g/mol. The minimum absolute atomic E-state index is 0.681. The van der Waals surface area contributed by atoms with Crippen LogP contribution in [0.1, 0.15) is 12.2 Å². The van der Waals surface area contributed by atoms with Gasteiger partial charge in [0.05, 0.1) is 19.9 Å². The van der Waals surface area contributed by atoms with Crippen molar-refractivity contribution in [1.82, 2.24) is 9.97 Å². The van der Waals surface area contributed by atoms with E-state index in [1.165, 1.54) is 0 Å². The Hall–Kier alpha value is -2.54. The number of methoxy groups -OCH3 is 3. The minimum Gasteiger partial charge on any atom is -0.497 e. The van der Waals surface area contributed by atoms with Crippen molar-refractivity contribution in [2.45, 2.75) is 13.3 Å². The van der Waals surface area contributed by atoms with Crippen molar-refractivity contribution in [2.24, 2.45) is 0 Å². The van der Waals surface area contributed by atoms with Gasteiger partial charge in [-0.3, -0.25) is 0 Å². The normalized spacial score (nSPS) is 10.3. The lowest BCUT2D eigenvalue weighted by molar-refractivity contribution is 0.198. The van der Waals surface area contributed by atoms with Gasteiger partial charge < -0.3 is 24.8 Å². The first-order valence-electron chi connectivity index (χ1n) is 7.74. The van der Waals surface area contributed by atoms with Crippen molar-refractivity contribution < 1.29 is 14.2 Å². The maximum Gasteiger partial charge on any atom is 0.146 e. The van der Waals surface area contributed by atoms with E-state index in [0.29, 0.717) is 24.0 Å². The van der Waals surface area contributed by atoms with Gasteiger partial charge in [-0.25, -0.2) is 9.97 Å². The van der Waals surface area contributed by atoms with Crippen LogP contribution < -0.4 is 20.1 Å². The van der Waals surface area contributed by atoms with Crippen LogP contribution in [-0.2, 0) is 4.74 Å². The second-order valence-corrected chi connectivity index (χ2v) is 5.15. The first-order valence-corrected chi connectivity index (χ1v) is 7.74. The number of benzene rings is 1. The molecular weight excluding hydrogens is 308 g/mol. The molecule has 0 fully saturated rings. The molecule has 0 saturated heterocycles. The van der Waals surface area contributed by atoms with Gasteiger partial charge in [0.2, 0.25) is 0 Å². The molecule has 0 radical (unpaired) electrons. The Morgan fingerprint density at radius 3 is 2.50 bits per heavy atom. The predicted octanol–water partition coefficient (Wildman–Crippen LogP) is 2.99. The van der Waals surface area contributed by atoms with Gasteiger partial charge in [-0.15, -0.1) is 0 Å². The summed E-state index contributed by atoms with van der Waals surface area (Å²) in [6.45, 7) is 3.36. The Kier molecular flexibility index (Phi) is 6.62. The van der Waals surface area contributed by atoms with Crippen LogP contribution in [0, 0.1) is 6.92 Å². The Labute approximate surface area is 142 Å². The predicted molar refractivity (Wildman–Crippen MR) is 94.6 cm³/mol. The highest BCUT2D eigenvalue weighted by Crippen LogP contribution is 2.31. The van der Waals surface area contributed by atoms with Gasteiger partial charge in [0.15, 0.2) is 0 Å². The van der Waals surface area contributed by atoms with Gasteiger partial charge in [-0.2, -0.15) is 0 Å². The molecule has 0 unspecified atom stereocenters. The molecule has 1 heterocycles. The van der Waals surface area contributed by atoms with Crippen LogP contribution in [-0.4, -0.2) is 44.4 Å². The van der Waals surface area contributed by atoms with Crippen molar-refractivity contribution in [3.63, 3.8) is 0 Å². The fourth-order valence-corrected chi connectivity index (χ4v) is 2.20. The van der Waals surface area contributed by atoms with E-state index in [4.69, 9.17) is 14.2 Å². The number of nitrogens with one attached hydrogen (secondary N) is 2. The molecule has 2 aromatic rings. The molecule has 0 spiro atoms. The third-order valence-electron chi connectivity index (χ3n) is 3.34. The molecule has 0 aliphatic heterocycles. The van der Waals surface area contributed by atoms with Gasteiger partial charge in [0, 0.05) is 32.4 Å². The summed E-state index contributed by atoms with van der Waals surface area (Å²) in [5, 5.41) is 6.53. The van der Waals surface area contributed by atoms with Crippen LogP contribution in [0.3, 0.4) is 0 Å². The molecule has 130 valence electrons.